The Hall–Kier alpha value is -3.11. The van der Waals surface area contributed by atoms with Crippen molar-refractivity contribution in [1.82, 2.24) is 5.32 Å². The van der Waals surface area contributed by atoms with Crippen molar-refractivity contribution >= 4 is 11.9 Å². The number of carbonyl (C=O) groups excluding carboxylic acids is 2. The fraction of sp³-hybridized carbons (Fsp3) is 0.364. The molecule has 0 radical (unpaired) electrons. The zero-order valence-electron chi connectivity index (χ0n) is 17.1. The van der Waals surface area contributed by atoms with Crippen LogP contribution in [0, 0.1) is 11.7 Å². The maximum Gasteiger partial charge on any atom is 0.416 e. The first-order valence-corrected chi connectivity index (χ1v) is 9.75. The van der Waals surface area contributed by atoms with E-state index in [1.54, 1.807) is 0 Å². The van der Waals surface area contributed by atoms with E-state index in [-0.39, 0.29) is 18.9 Å². The van der Waals surface area contributed by atoms with Crippen molar-refractivity contribution in [2.45, 2.75) is 37.2 Å². The highest BCUT2D eigenvalue weighted by molar-refractivity contribution is 5.95. The minimum Gasteiger partial charge on any atom is -0.469 e. The van der Waals surface area contributed by atoms with E-state index in [0.29, 0.717) is 17.7 Å². The first-order chi connectivity index (χ1) is 15.3. The summed E-state index contributed by atoms with van der Waals surface area (Å²) in [6, 6.07) is 4.87. The van der Waals surface area contributed by atoms with E-state index < -0.39 is 64.6 Å². The predicted octanol–water partition coefficient (Wildman–Crippen LogP) is 5.33. The quantitative estimate of drug-likeness (QED) is 0.479. The van der Waals surface area contributed by atoms with Crippen LogP contribution in [-0.4, -0.2) is 25.0 Å². The zero-order valence-corrected chi connectivity index (χ0v) is 17.1. The maximum atomic E-state index is 13.3. The SMILES string of the molecule is COC(=O)C1CC[C@H](NC(=O)c2cc(C(F)(F)F)cc(C(F)(F)F)c2)[C@H]1c1ccc(F)cc1. The molecule has 0 aromatic heterocycles. The van der Waals surface area contributed by atoms with Crippen molar-refractivity contribution in [1.29, 1.82) is 0 Å². The van der Waals surface area contributed by atoms with E-state index in [1.807, 2.05) is 0 Å². The van der Waals surface area contributed by atoms with Gasteiger partial charge in [0.1, 0.15) is 5.82 Å². The number of ether oxygens (including phenoxy) is 1. The molecule has 0 heterocycles. The minimum atomic E-state index is -5.10. The standard InChI is InChI=1S/C22H18F7NO3/c1-33-20(32)16-6-7-17(18(16)11-2-4-15(23)5-3-11)30-19(31)12-8-13(21(24,25)26)10-14(9-12)22(27,28)29/h2-5,8-10,16-18H,6-7H2,1H3,(H,30,31)/t16?,17-,18-/m0/s1. The van der Waals surface area contributed by atoms with E-state index >= 15 is 0 Å². The number of alkyl halides is 6. The highest BCUT2D eigenvalue weighted by atomic mass is 19.4. The topological polar surface area (TPSA) is 55.4 Å². The number of hydrogen-bond acceptors (Lipinski definition) is 3. The smallest absolute Gasteiger partial charge is 0.416 e. The highest BCUT2D eigenvalue weighted by Gasteiger charge is 2.43. The summed E-state index contributed by atoms with van der Waals surface area (Å²) in [6.07, 6.45) is -9.75. The van der Waals surface area contributed by atoms with E-state index in [1.165, 1.54) is 12.1 Å². The fourth-order valence-corrected chi connectivity index (χ4v) is 4.06. The molecule has 0 aliphatic heterocycles. The molecule has 178 valence electrons. The average molecular weight is 477 g/mol. The third-order valence-corrected chi connectivity index (χ3v) is 5.58. The van der Waals surface area contributed by atoms with Gasteiger partial charge in [0, 0.05) is 17.5 Å². The molecule has 1 N–H and O–H groups in total. The summed E-state index contributed by atoms with van der Waals surface area (Å²) in [7, 11) is 1.16. The lowest BCUT2D eigenvalue weighted by atomic mass is 9.86. The molecule has 1 amide bonds. The summed E-state index contributed by atoms with van der Waals surface area (Å²) in [5, 5.41) is 2.45. The highest BCUT2D eigenvalue weighted by Crippen LogP contribution is 2.41. The van der Waals surface area contributed by atoms with Gasteiger partial charge in [-0.2, -0.15) is 26.3 Å². The average Bonchev–Trinajstić information content (AvgIpc) is 3.15. The van der Waals surface area contributed by atoms with Crippen molar-refractivity contribution in [2.24, 2.45) is 5.92 Å². The largest absolute Gasteiger partial charge is 0.469 e. The van der Waals surface area contributed by atoms with Gasteiger partial charge in [-0.05, 0) is 48.7 Å². The van der Waals surface area contributed by atoms with Crippen LogP contribution < -0.4 is 5.32 Å². The second-order valence-electron chi connectivity index (χ2n) is 7.66. The maximum absolute atomic E-state index is 13.3. The van der Waals surface area contributed by atoms with Gasteiger partial charge >= 0.3 is 18.3 Å². The van der Waals surface area contributed by atoms with Crippen molar-refractivity contribution < 1.29 is 45.1 Å². The molecule has 1 fully saturated rings. The van der Waals surface area contributed by atoms with Crippen LogP contribution in [0.15, 0.2) is 42.5 Å². The Kier molecular flexibility index (Phi) is 6.71. The van der Waals surface area contributed by atoms with E-state index in [2.05, 4.69) is 5.32 Å². The number of esters is 1. The van der Waals surface area contributed by atoms with Gasteiger partial charge in [0.15, 0.2) is 0 Å². The monoisotopic (exact) mass is 477 g/mol. The van der Waals surface area contributed by atoms with E-state index in [4.69, 9.17) is 4.74 Å². The molecule has 4 nitrogen and oxygen atoms in total. The van der Waals surface area contributed by atoms with Crippen LogP contribution in [0.3, 0.4) is 0 Å². The normalized spacial score (nSPS) is 21.0. The molecule has 1 unspecified atom stereocenters. The molecule has 3 atom stereocenters. The second kappa shape index (κ2) is 9.03. The molecule has 1 aliphatic carbocycles. The Morgan fingerprint density at radius 1 is 0.909 bits per heavy atom. The molecule has 1 saturated carbocycles. The lowest BCUT2D eigenvalue weighted by Gasteiger charge is -2.25. The third kappa shape index (κ3) is 5.45. The van der Waals surface area contributed by atoms with Crippen LogP contribution in [0.5, 0.6) is 0 Å². The molecule has 0 saturated heterocycles. The Labute approximate surface area is 183 Å². The van der Waals surface area contributed by atoms with Gasteiger partial charge in [-0.1, -0.05) is 12.1 Å². The van der Waals surface area contributed by atoms with Crippen LogP contribution in [0.2, 0.25) is 0 Å². The number of benzene rings is 2. The van der Waals surface area contributed by atoms with Crippen molar-refractivity contribution in [3.8, 4) is 0 Å². The van der Waals surface area contributed by atoms with E-state index in [9.17, 15) is 40.3 Å². The van der Waals surface area contributed by atoms with Crippen molar-refractivity contribution in [2.75, 3.05) is 7.11 Å². The number of methoxy groups -OCH3 is 1. The number of hydrogen-bond donors (Lipinski definition) is 1. The first-order valence-electron chi connectivity index (χ1n) is 9.75. The van der Waals surface area contributed by atoms with E-state index in [0.717, 1.165) is 19.2 Å². The number of rotatable bonds is 4. The fourth-order valence-electron chi connectivity index (χ4n) is 4.06. The molecule has 1 aliphatic rings. The number of carbonyl (C=O) groups is 2. The molecule has 2 aromatic rings. The van der Waals surface area contributed by atoms with Gasteiger partial charge in [-0.3, -0.25) is 9.59 Å². The van der Waals surface area contributed by atoms with Crippen molar-refractivity contribution in [3.05, 3.63) is 70.5 Å². The van der Waals surface area contributed by atoms with Crippen LogP contribution in [-0.2, 0) is 21.9 Å². The Morgan fingerprint density at radius 2 is 1.45 bits per heavy atom. The molecular formula is C22H18F7NO3. The first kappa shape index (κ1) is 24.5. The Morgan fingerprint density at radius 3 is 1.94 bits per heavy atom. The zero-order chi connectivity index (χ0) is 24.6. The second-order valence-corrected chi connectivity index (χ2v) is 7.66. The Bertz CT molecular complexity index is 1000. The molecule has 3 rings (SSSR count). The van der Waals surface area contributed by atoms with Gasteiger partial charge in [-0.15, -0.1) is 0 Å². The van der Waals surface area contributed by atoms with Gasteiger partial charge in [-0.25, -0.2) is 4.39 Å². The third-order valence-electron chi connectivity index (χ3n) is 5.58. The van der Waals surface area contributed by atoms with Gasteiger partial charge < -0.3 is 10.1 Å². The van der Waals surface area contributed by atoms with Crippen LogP contribution in [0.25, 0.3) is 0 Å². The molecule has 11 heteroatoms. The lowest BCUT2D eigenvalue weighted by Crippen LogP contribution is -2.39. The minimum absolute atomic E-state index is 0.0685. The summed E-state index contributed by atoms with van der Waals surface area (Å²) in [6.45, 7) is 0. The summed E-state index contributed by atoms with van der Waals surface area (Å²) >= 11 is 0. The lowest BCUT2D eigenvalue weighted by molar-refractivity contribution is -0.146. The molecular weight excluding hydrogens is 459 g/mol. The number of amides is 1. The molecule has 0 spiro atoms. The summed E-state index contributed by atoms with van der Waals surface area (Å²) in [5.74, 6) is -3.75. The number of halogens is 7. The molecule has 2 aromatic carbocycles. The molecule has 0 bridgehead atoms. The Balaban J connectivity index is 1.95. The van der Waals surface area contributed by atoms with Crippen molar-refractivity contribution in [3.63, 3.8) is 0 Å². The summed E-state index contributed by atoms with van der Waals surface area (Å²) < 4.78 is 96.8. The summed E-state index contributed by atoms with van der Waals surface area (Å²) in [5.41, 5.74) is -3.58. The van der Waals surface area contributed by atoms with Crippen LogP contribution in [0.4, 0.5) is 30.7 Å². The van der Waals surface area contributed by atoms with Gasteiger partial charge in [0.25, 0.3) is 5.91 Å². The van der Waals surface area contributed by atoms with Crippen LogP contribution >= 0.6 is 0 Å². The molecule has 33 heavy (non-hydrogen) atoms. The van der Waals surface area contributed by atoms with Crippen LogP contribution in [0.1, 0.15) is 45.8 Å². The van der Waals surface area contributed by atoms with Gasteiger partial charge in [0.05, 0.1) is 24.2 Å². The predicted molar refractivity (Wildman–Crippen MR) is 102 cm³/mol. The van der Waals surface area contributed by atoms with Gasteiger partial charge in [0.2, 0.25) is 0 Å². The summed E-state index contributed by atoms with van der Waals surface area (Å²) in [4.78, 5) is 24.9. The number of nitrogens with one attached hydrogen (secondary N) is 1.